The predicted octanol–water partition coefficient (Wildman–Crippen LogP) is 3.64. The summed E-state index contributed by atoms with van der Waals surface area (Å²) >= 11 is 4.66. The second kappa shape index (κ2) is 7.53. The highest BCUT2D eigenvalue weighted by molar-refractivity contribution is 9.10. The second-order valence-electron chi connectivity index (χ2n) is 6.22. The van der Waals surface area contributed by atoms with E-state index in [9.17, 15) is 4.79 Å². The van der Waals surface area contributed by atoms with Crippen molar-refractivity contribution in [2.75, 3.05) is 6.61 Å². The summed E-state index contributed by atoms with van der Waals surface area (Å²) in [5.41, 5.74) is 1.06. The van der Waals surface area contributed by atoms with Gasteiger partial charge in [0.15, 0.2) is 11.5 Å². The number of nitrogens with zero attached hydrogens (tertiary/aromatic N) is 4. The van der Waals surface area contributed by atoms with Crippen LogP contribution in [0.1, 0.15) is 17.7 Å². The van der Waals surface area contributed by atoms with Gasteiger partial charge in [-0.1, -0.05) is 23.9 Å². The molecule has 0 fully saturated rings. The first-order valence-corrected chi connectivity index (χ1v) is 10.5. The second-order valence-corrected chi connectivity index (χ2v) is 8.06. The van der Waals surface area contributed by atoms with Gasteiger partial charge in [0, 0.05) is 22.5 Å². The van der Waals surface area contributed by atoms with E-state index < -0.39 is 6.10 Å². The van der Waals surface area contributed by atoms with Gasteiger partial charge in [-0.05, 0) is 40.2 Å². The lowest BCUT2D eigenvalue weighted by atomic mass is 10.2. The van der Waals surface area contributed by atoms with Crippen LogP contribution in [0.3, 0.4) is 0 Å². The van der Waals surface area contributed by atoms with E-state index in [4.69, 9.17) is 13.9 Å². The molecule has 4 aromatic rings. The minimum atomic E-state index is -0.464. The predicted molar refractivity (Wildman–Crippen MR) is 108 cm³/mol. The summed E-state index contributed by atoms with van der Waals surface area (Å²) in [5, 5.41) is 8.50. The average molecular weight is 473 g/mol. The molecule has 0 aliphatic carbocycles. The van der Waals surface area contributed by atoms with Crippen LogP contribution in [-0.2, 0) is 5.75 Å². The SMILES string of the molecule is O=c1cc(CSc2nnc([C@@H]3COc4ccccc4O3)o2)nc2ccc(Br)cn12. The lowest BCUT2D eigenvalue weighted by molar-refractivity contribution is 0.0686. The van der Waals surface area contributed by atoms with Crippen molar-refractivity contribution in [3.05, 3.63) is 75.1 Å². The van der Waals surface area contributed by atoms with Crippen LogP contribution in [-0.4, -0.2) is 26.2 Å². The summed E-state index contributed by atoms with van der Waals surface area (Å²) in [6.45, 7) is 0.294. The minimum absolute atomic E-state index is 0.149. The number of hydrogen-bond acceptors (Lipinski definition) is 8. The highest BCUT2D eigenvalue weighted by atomic mass is 79.9. The molecule has 8 nitrogen and oxygen atoms in total. The van der Waals surface area contributed by atoms with E-state index in [2.05, 4.69) is 31.1 Å². The van der Waals surface area contributed by atoms with Gasteiger partial charge in [-0.2, -0.15) is 0 Å². The number of halogens is 1. The molecule has 0 saturated carbocycles. The summed E-state index contributed by atoms with van der Waals surface area (Å²) in [4.78, 5) is 16.8. The molecule has 1 aromatic carbocycles. The molecule has 5 rings (SSSR count). The average Bonchev–Trinajstić information content (AvgIpc) is 3.21. The van der Waals surface area contributed by atoms with E-state index in [0.29, 0.717) is 46.3 Å². The molecule has 0 saturated heterocycles. The summed E-state index contributed by atoms with van der Waals surface area (Å²) in [6, 6.07) is 12.6. The van der Waals surface area contributed by atoms with E-state index in [0.717, 1.165) is 4.47 Å². The molecule has 1 atom stereocenters. The van der Waals surface area contributed by atoms with Crippen LogP contribution in [0.5, 0.6) is 11.5 Å². The first-order valence-electron chi connectivity index (χ1n) is 8.68. The number of benzene rings is 1. The van der Waals surface area contributed by atoms with E-state index in [1.165, 1.54) is 22.2 Å². The number of pyridine rings is 1. The summed E-state index contributed by atoms with van der Waals surface area (Å²) in [7, 11) is 0. The Morgan fingerprint density at radius 2 is 2.03 bits per heavy atom. The van der Waals surface area contributed by atoms with Crippen molar-refractivity contribution in [2.24, 2.45) is 0 Å². The Hall–Kier alpha value is -2.85. The Labute approximate surface area is 177 Å². The molecule has 3 aromatic heterocycles. The topological polar surface area (TPSA) is 91.8 Å². The third kappa shape index (κ3) is 3.73. The van der Waals surface area contributed by atoms with Gasteiger partial charge < -0.3 is 13.9 Å². The molecule has 1 aliphatic heterocycles. The Morgan fingerprint density at radius 1 is 1.17 bits per heavy atom. The lowest BCUT2D eigenvalue weighted by Crippen LogP contribution is -2.21. The maximum Gasteiger partial charge on any atom is 0.277 e. The van der Waals surface area contributed by atoms with Gasteiger partial charge in [0.1, 0.15) is 12.3 Å². The van der Waals surface area contributed by atoms with Gasteiger partial charge in [-0.15, -0.1) is 10.2 Å². The molecular weight excluding hydrogens is 460 g/mol. The zero-order valence-electron chi connectivity index (χ0n) is 14.8. The third-order valence-corrected chi connectivity index (χ3v) is 5.55. The van der Waals surface area contributed by atoms with E-state index in [1.807, 2.05) is 30.3 Å². The Morgan fingerprint density at radius 3 is 2.93 bits per heavy atom. The van der Waals surface area contributed by atoms with Gasteiger partial charge in [0.05, 0.1) is 5.69 Å². The van der Waals surface area contributed by atoms with Gasteiger partial charge in [0.2, 0.25) is 6.10 Å². The molecule has 0 N–H and O–H groups in total. The Balaban J connectivity index is 1.29. The minimum Gasteiger partial charge on any atom is -0.485 e. The van der Waals surface area contributed by atoms with Crippen LogP contribution < -0.4 is 15.0 Å². The zero-order valence-corrected chi connectivity index (χ0v) is 17.2. The Kier molecular flexibility index (Phi) is 4.72. The summed E-state index contributed by atoms with van der Waals surface area (Å²) in [6.07, 6.45) is 1.23. The number of thioether (sulfide) groups is 1. The molecule has 0 bridgehead atoms. The molecule has 0 amide bonds. The number of ether oxygens (including phenoxy) is 2. The number of para-hydroxylation sites is 2. The van der Waals surface area contributed by atoms with Gasteiger partial charge in [-0.3, -0.25) is 9.20 Å². The number of aromatic nitrogens is 4. The fraction of sp³-hybridized carbons (Fsp3) is 0.158. The molecule has 10 heteroatoms. The maximum absolute atomic E-state index is 12.3. The monoisotopic (exact) mass is 472 g/mol. The fourth-order valence-corrected chi connectivity index (χ4v) is 3.88. The normalized spacial score (nSPS) is 15.6. The summed E-state index contributed by atoms with van der Waals surface area (Å²) < 4.78 is 19.6. The van der Waals surface area contributed by atoms with Crippen molar-refractivity contribution in [3.8, 4) is 11.5 Å². The van der Waals surface area contributed by atoms with Crippen LogP contribution in [0.4, 0.5) is 0 Å². The van der Waals surface area contributed by atoms with Crippen molar-refractivity contribution < 1.29 is 13.9 Å². The Bertz CT molecular complexity index is 1260. The number of rotatable bonds is 4. The van der Waals surface area contributed by atoms with Crippen LogP contribution in [0.2, 0.25) is 0 Å². The van der Waals surface area contributed by atoms with Crippen LogP contribution >= 0.6 is 27.7 Å². The molecule has 29 heavy (non-hydrogen) atoms. The van der Waals surface area contributed by atoms with Crippen molar-refractivity contribution in [2.45, 2.75) is 17.1 Å². The van der Waals surface area contributed by atoms with E-state index in [1.54, 1.807) is 12.3 Å². The quantitative estimate of drug-likeness (QED) is 0.415. The van der Waals surface area contributed by atoms with Crippen LogP contribution in [0.15, 0.2) is 67.6 Å². The standard InChI is InChI=1S/C19H13BrN4O4S/c20-11-5-6-16-21-12(7-17(25)24(16)8-11)10-29-19-23-22-18(28-19)15-9-26-13-3-1-2-4-14(13)27-15/h1-8,15H,9-10H2/t15-/m0/s1. The highest BCUT2D eigenvalue weighted by Crippen LogP contribution is 2.36. The largest absolute Gasteiger partial charge is 0.485 e. The van der Waals surface area contributed by atoms with Crippen molar-refractivity contribution in [1.29, 1.82) is 0 Å². The van der Waals surface area contributed by atoms with Crippen molar-refractivity contribution in [3.63, 3.8) is 0 Å². The van der Waals surface area contributed by atoms with Gasteiger partial charge in [-0.25, -0.2) is 4.98 Å². The molecule has 4 heterocycles. The third-order valence-electron chi connectivity index (χ3n) is 4.23. The van der Waals surface area contributed by atoms with E-state index in [-0.39, 0.29) is 5.56 Å². The smallest absolute Gasteiger partial charge is 0.277 e. The van der Waals surface area contributed by atoms with Crippen molar-refractivity contribution >= 4 is 33.3 Å². The number of fused-ring (bicyclic) bond motifs is 2. The van der Waals surface area contributed by atoms with Gasteiger partial charge in [0.25, 0.3) is 16.7 Å². The number of hydrogen-bond donors (Lipinski definition) is 0. The fourth-order valence-electron chi connectivity index (χ4n) is 2.89. The molecule has 0 spiro atoms. The highest BCUT2D eigenvalue weighted by Gasteiger charge is 2.27. The van der Waals surface area contributed by atoms with Gasteiger partial charge >= 0.3 is 0 Å². The molecular formula is C19H13BrN4O4S. The summed E-state index contributed by atoms with van der Waals surface area (Å²) in [5.74, 6) is 2.11. The molecule has 0 radical (unpaired) electrons. The van der Waals surface area contributed by atoms with E-state index >= 15 is 0 Å². The lowest BCUT2D eigenvalue weighted by Gasteiger charge is -2.23. The van der Waals surface area contributed by atoms with Crippen LogP contribution in [0, 0.1) is 0 Å². The maximum atomic E-state index is 12.3. The first kappa shape index (κ1) is 18.2. The molecule has 146 valence electrons. The van der Waals surface area contributed by atoms with Crippen molar-refractivity contribution in [1.82, 2.24) is 19.6 Å². The molecule has 0 unspecified atom stereocenters. The first-order chi connectivity index (χ1) is 14.2. The van der Waals surface area contributed by atoms with Crippen LogP contribution in [0.25, 0.3) is 5.65 Å². The zero-order chi connectivity index (χ0) is 19.8. The molecule has 1 aliphatic rings.